The second-order valence-corrected chi connectivity index (χ2v) is 7.09. The van der Waals surface area contributed by atoms with E-state index < -0.39 is 21.5 Å². The van der Waals surface area contributed by atoms with Crippen LogP contribution in [0.15, 0.2) is 0 Å². The molecule has 1 saturated carbocycles. The molecule has 1 amide bonds. The van der Waals surface area contributed by atoms with E-state index in [4.69, 9.17) is 11.6 Å². The fourth-order valence-electron chi connectivity index (χ4n) is 2.06. The highest BCUT2D eigenvalue weighted by Crippen LogP contribution is 2.38. The van der Waals surface area contributed by atoms with Gasteiger partial charge >= 0.3 is 0 Å². The van der Waals surface area contributed by atoms with Gasteiger partial charge in [0.25, 0.3) is 0 Å². The molecule has 0 unspecified atom stereocenters. The van der Waals surface area contributed by atoms with Crippen LogP contribution >= 0.6 is 11.6 Å². The van der Waals surface area contributed by atoms with Gasteiger partial charge in [-0.2, -0.15) is 0 Å². The number of sulfone groups is 1. The molecule has 0 aliphatic heterocycles. The summed E-state index contributed by atoms with van der Waals surface area (Å²) < 4.78 is 21.8. The average molecular weight is 268 g/mol. The van der Waals surface area contributed by atoms with E-state index in [0.717, 1.165) is 31.9 Å². The molecule has 6 heteroatoms. The molecule has 1 fully saturated rings. The maximum absolute atomic E-state index is 11.3. The van der Waals surface area contributed by atoms with E-state index in [-0.39, 0.29) is 5.41 Å². The van der Waals surface area contributed by atoms with Crippen molar-refractivity contribution in [1.82, 2.24) is 5.32 Å². The van der Waals surface area contributed by atoms with Crippen molar-refractivity contribution in [1.29, 1.82) is 0 Å². The maximum atomic E-state index is 11.3. The topological polar surface area (TPSA) is 63.2 Å². The van der Waals surface area contributed by atoms with Crippen LogP contribution in [0, 0.1) is 5.41 Å². The zero-order valence-electron chi connectivity index (χ0n) is 9.46. The summed E-state index contributed by atoms with van der Waals surface area (Å²) in [5, 5.41) is 2.67. The Balaban J connectivity index is 2.41. The zero-order valence-corrected chi connectivity index (χ0v) is 11.0. The van der Waals surface area contributed by atoms with Crippen LogP contribution < -0.4 is 5.32 Å². The Bertz CT molecular complexity index is 347. The smallest absolute Gasteiger partial charge is 0.235 e. The Kier molecular flexibility index (Phi) is 4.62. The molecule has 0 aromatic heterocycles. The van der Waals surface area contributed by atoms with Crippen molar-refractivity contribution < 1.29 is 13.2 Å². The second kappa shape index (κ2) is 5.36. The van der Waals surface area contributed by atoms with E-state index in [1.807, 2.05) is 0 Å². The molecule has 0 aromatic rings. The number of nitrogens with one attached hydrogen (secondary N) is 1. The van der Waals surface area contributed by atoms with Gasteiger partial charge in [-0.15, -0.1) is 11.6 Å². The van der Waals surface area contributed by atoms with E-state index in [1.165, 1.54) is 0 Å². The molecular weight excluding hydrogens is 250 g/mol. The first-order chi connectivity index (χ1) is 7.37. The van der Waals surface area contributed by atoms with Crippen LogP contribution in [-0.4, -0.2) is 38.8 Å². The van der Waals surface area contributed by atoms with Gasteiger partial charge in [0.15, 0.2) is 9.84 Å². The lowest BCUT2D eigenvalue weighted by Gasteiger charge is -2.26. The highest BCUT2D eigenvalue weighted by atomic mass is 35.5. The van der Waals surface area contributed by atoms with Crippen molar-refractivity contribution >= 4 is 27.3 Å². The third kappa shape index (κ3) is 4.29. The van der Waals surface area contributed by atoms with E-state index in [2.05, 4.69) is 5.32 Å². The van der Waals surface area contributed by atoms with Crippen molar-refractivity contribution in [3.05, 3.63) is 0 Å². The second-order valence-electron chi connectivity index (χ2n) is 4.69. The number of rotatable bonds is 5. The van der Waals surface area contributed by atoms with Crippen LogP contribution in [0.2, 0.25) is 0 Å². The first kappa shape index (κ1) is 13.8. The van der Waals surface area contributed by atoms with Crippen LogP contribution in [0.5, 0.6) is 0 Å². The molecule has 0 radical (unpaired) electrons. The molecule has 1 aliphatic rings. The van der Waals surface area contributed by atoms with Crippen LogP contribution in [0.1, 0.15) is 25.7 Å². The number of amides is 1. The molecule has 0 bridgehead atoms. The summed E-state index contributed by atoms with van der Waals surface area (Å²) in [7, 11) is -3.24. The van der Waals surface area contributed by atoms with Crippen molar-refractivity contribution in [2.45, 2.75) is 25.7 Å². The number of halogens is 1. The highest BCUT2D eigenvalue weighted by molar-refractivity contribution is 7.91. The molecule has 94 valence electrons. The van der Waals surface area contributed by atoms with Gasteiger partial charge in [-0.25, -0.2) is 8.42 Å². The Morgan fingerprint density at radius 1 is 1.38 bits per heavy atom. The molecule has 1 N–H and O–H groups in total. The van der Waals surface area contributed by atoms with Crippen molar-refractivity contribution in [2.24, 2.45) is 5.41 Å². The van der Waals surface area contributed by atoms with Gasteiger partial charge in [0.05, 0.1) is 0 Å². The van der Waals surface area contributed by atoms with Gasteiger partial charge in [-0.1, -0.05) is 12.8 Å². The summed E-state index contributed by atoms with van der Waals surface area (Å²) in [5.41, 5.74) is -0.0191. The maximum Gasteiger partial charge on any atom is 0.235 e. The van der Waals surface area contributed by atoms with Gasteiger partial charge in [0, 0.05) is 24.1 Å². The number of hydrogen-bond donors (Lipinski definition) is 1. The lowest BCUT2D eigenvalue weighted by atomic mass is 9.88. The SMILES string of the molecule is CS(=O)(=O)CC(=O)NCC1(CCl)CCCC1. The molecule has 4 nitrogen and oxygen atoms in total. The molecule has 1 rings (SSSR count). The zero-order chi connectivity index (χ0) is 12.2. The largest absolute Gasteiger partial charge is 0.355 e. The average Bonchev–Trinajstić information content (AvgIpc) is 2.61. The molecule has 0 aromatic carbocycles. The number of hydrogen-bond acceptors (Lipinski definition) is 3. The first-order valence-electron chi connectivity index (χ1n) is 5.37. The Labute approximate surface area is 102 Å². The van der Waals surface area contributed by atoms with Gasteiger partial charge in [0.2, 0.25) is 5.91 Å². The quantitative estimate of drug-likeness (QED) is 0.755. The van der Waals surface area contributed by atoms with Gasteiger partial charge in [0.1, 0.15) is 5.75 Å². The standard InChI is InChI=1S/C10H18ClNO3S/c1-16(14,15)6-9(13)12-8-10(7-11)4-2-3-5-10/h2-8H2,1H3,(H,12,13). The number of carbonyl (C=O) groups is 1. The van der Waals surface area contributed by atoms with Gasteiger partial charge in [-0.3, -0.25) is 4.79 Å². The lowest BCUT2D eigenvalue weighted by molar-refractivity contribution is -0.119. The summed E-state index contributed by atoms with van der Waals surface area (Å²) >= 11 is 5.91. The molecule has 0 saturated heterocycles. The van der Waals surface area contributed by atoms with Crippen LogP contribution in [-0.2, 0) is 14.6 Å². The number of carbonyl (C=O) groups excluding carboxylic acids is 1. The monoisotopic (exact) mass is 267 g/mol. The van der Waals surface area contributed by atoms with Gasteiger partial charge in [-0.05, 0) is 12.8 Å². The third-order valence-corrected chi connectivity index (χ3v) is 4.36. The normalized spacial score (nSPS) is 19.6. The summed E-state index contributed by atoms with van der Waals surface area (Å²) in [6.07, 6.45) is 5.34. The van der Waals surface area contributed by atoms with Crippen molar-refractivity contribution in [2.75, 3.05) is 24.4 Å². The minimum Gasteiger partial charge on any atom is -0.355 e. The van der Waals surface area contributed by atoms with Gasteiger partial charge < -0.3 is 5.32 Å². The van der Waals surface area contributed by atoms with E-state index in [0.29, 0.717) is 12.4 Å². The summed E-state index contributed by atoms with van der Waals surface area (Å²) in [5.74, 6) is -0.351. The van der Waals surface area contributed by atoms with E-state index >= 15 is 0 Å². The Morgan fingerprint density at radius 3 is 2.38 bits per heavy atom. The third-order valence-electron chi connectivity index (χ3n) is 3.00. The van der Waals surface area contributed by atoms with E-state index in [9.17, 15) is 13.2 Å². The van der Waals surface area contributed by atoms with Crippen molar-refractivity contribution in [3.63, 3.8) is 0 Å². The van der Waals surface area contributed by atoms with E-state index in [1.54, 1.807) is 0 Å². The Hall–Kier alpha value is -0.290. The minimum absolute atomic E-state index is 0.0191. The fraction of sp³-hybridized carbons (Fsp3) is 0.900. The summed E-state index contributed by atoms with van der Waals surface area (Å²) in [6, 6.07) is 0. The Morgan fingerprint density at radius 2 is 1.94 bits per heavy atom. The van der Waals surface area contributed by atoms with Crippen LogP contribution in [0.3, 0.4) is 0 Å². The minimum atomic E-state index is -3.24. The van der Waals surface area contributed by atoms with Crippen LogP contribution in [0.4, 0.5) is 0 Å². The molecule has 0 spiro atoms. The highest BCUT2D eigenvalue weighted by Gasteiger charge is 2.33. The lowest BCUT2D eigenvalue weighted by Crippen LogP contribution is -2.39. The molecule has 1 aliphatic carbocycles. The summed E-state index contributed by atoms with van der Waals surface area (Å²) in [4.78, 5) is 11.3. The number of alkyl halides is 1. The predicted octanol–water partition coefficient (Wildman–Crippen LogP) is 0.946. The fourth-order valence-corrected chi connectivity index (χ4v) is 3.00. The molecular formula is C10H18ClNO3S. The van der Waals surface area contributed by atoms with Crippen molar-refractivity contribution in [3.8, 4) is 0 Å². The molecule has 0 heterocycles. The first-order valence-corrected chi connectivity index (χ1v) is 7.97. The molecule has 0 atom stereocenters. The molecule has 16 heavy (non-hydrogen) atoms. The van der Waals surface area contributed by atoms with Crippen LogP contribution in [0.25, 0.3) is 0 Å². The predicted molar refractivity (Wildman–Crippen MR) is 64.3 cm³/mol. The summed E-state index contributed by atoms with van der Waals surface area (Å²) in [6.45, 7) is 0.491.